The van der Waals surface area contributed by atoms with Crippen molar-refractivity contribution < 1.29 is 0 Å². The number of pyridine rings is 1. The molecule has 1 heteroatoms. The molecule has 0 unspecified atom stereocenters. The van der Waals surface area contributed by atoms with Crippen molar-refractivity contribution in [1.29, 1.82) is 0 Å². The van der Waals surface area contributed by atoms with E-state index in [0.29, 0.717) is 0 Å². The first-order valence-corrected chi connectivity index (χ1v) is 6.41. The molecule has 3 rings (SSSR count). The Morgan fingerprint density at radius 1 is 0.737 bits per heavy atom. The van der Waals surface area contributed by atoms with E-state index in [4.69, 9.17) is 0 Å². The van der Waals surface area contributed by atoms with Crippen LogP contribution in [0.25, 0.3) is 22.3 Å². The molecular formula is C18H15N. The van der Waals surface area contributed by atoms with E-state index in [0.717, 1.165) is 5.56 Å². The van der Waals surface area contributed by atoms with Crippen molar-refractivity contribution in [2.75, 3.05) is 0 Å². The highest BCUT2D eigenvalue weighted by Gasteiger charge is 2.04. The van der Waals surface area contributed by atoms with Crippen LogP contribution in [0.5, 0.6) is 0 Å². The van der Waals surface area contributed by atoms with Gasteiger partial charge in [0.1, 0.15) is 0 Å². The number of aromatic nitrogens is 1. The van der Waals surface area contributed by atoms with Crippen LogP contribution in [-0.2, 0) is 0 Å². The first-order chi connectivity index (χ1) is 9.34. The quantitative estimate of drug-likeness (QED) is 0.636. The number of aryl methyl sites for hydroxylation is 1. The topological polar surface area (TPSA) is 12.9 Å². The predicted molar refractivity (Wildman–Crippen MR) is 79.8 cm³/mol. The second-order valence-corrected chi connectivity index (χ2v) is 4.64. The van der Waals surface area contributed by atoms with Crippen molar-refractivity contribution in [3.8, 4) is 22.3 Å². The van der Waals surface area contributed by atoms with E-state index in [1.165, 1.54) is 22.3 Å². The Hall–Kier alpha value is -2.41. The Labute approximate surface area is 113 Å². The van der Waals surface area contributed by atoms with Crippen LogP contribution in [0.15, 0.2) is 73.1 Å². The zero-order chi connectivity index (χ0) is 13.1. The molecule has 0 amide bonds. The monoisotopic (exact) mass is 245 g/mol. The molecule has 1 heterocycles. The van der Waals surface area contributed by atoms with Gasteiger partial charge in [-0.2, -0.15) is 0 Å². The highest BCUT2D eigenvalue weighted by atomic mass is 14.6. The second kappa shape index (κ2) is 5.07. The Morgan fingerprint density at radius 2 is 1.53 bits per heavy atom. The largest absolute Gasteiger partial charge is 0.264 e. The van der Waals surface area contributed by atoms with Crippen molar-refractivity contribution in [3.63, 3.8) is 0 Å². The third-order valence-corrected chi connectivity index (χ3v) is 3.31. The van der Waals surface area contributed by atoms with Crippen molar-refractivity contribution in [1.82, 2.24) is 4.98 Å². The maximum atomic E-state index is 4.17. The smallest absolute Gasteiger partial charge is 0.0346 e. The van der Waals surface area contributed by atoms with Crippen LogP contribution >= 0.6 is 0 Å². The van der Waals surface area contributed by atoms with Gasteiger partial charge in [-0.3, -0.25) is 4.98 Å². The molecule has 0 saturated carbocycles. The lowest BCUT2D eigenvalue weighted by molar-refractivity contribution is 1.33. The van der Waals surface area contributed by atoms with Gasteiger partial charge >= 0.3 is 0 Å². The third kappa shape index (κ3) is 2.41. The van der Waals surface area contributed by atoms with Gasteiger partial charge in [-0.1, -0.05) is 54.6 Å². The Balaban J connectivity index is 2.04. The highest BCUT2D eigenvalue weighted by Crippen LogP contribution is 2.27. The molecule has 19 heavy (non-hydrogen) atoms. The number of hydrogen-bond acceptors (Lipinski definition) is 1. The second-order valence-electron chi connectivity index (χ2n) is 4.64. The van der Waals surface area contributed by atoms with Crippen molar-refractivity contribution in [2.45, 2.75) is 6.92 Å². The molecule has 0 radical (unpaired) electrons. The standard InChI is InChI=1S/C18H15N/c1-14-12-16(17-8-5-11-19-13-17)9-10-18(14)15-6-3-2-4-7-15/h2-13H,1H3. The average Bonchev–Trinajstić information content (AvgIpc) is 2.49. The van der Waals surface area contributed by atoms with Gasteiger partial charge in [-0.15, -0.1) is 0 Å². The summed E-state index contributed by atoms with van der Waals surface area (Å²) in [6.07, 6.45) is 3.70. The van der Waals surface area contributed by atoms with E-state index in [1.54, 1.807) is 6.20 Å². The molecule has 0 bridgehead atoms. The molecule has 0 aliphatic rings. The van der Waals surface area contributed by atoms with E-state index in [2.05, 4.69) is 60.4 Å². The first kappa shape index (κ1) is 11.7. The fourth-order valence-electron chi connectivity index (χ4n) is 2.32. The zero-order valence-corrected chi connectivity index (χ0v) is 10.9. The van der Waals surface area contributed by atoms with Crippen LogP contribution in [0.1, 0.15) is 5.56 Å². The van der Waals surface area contributed by atoms with Crippen molar-refractivity contribution in [2.24, 2.45) is 0 Å². The average molecular weight is 245 g/mol. The van der Waals surface area contributed by atoms with Crippen LogP contribution < -0.4 is 0 Å². The molecule has 2 aromatic carbocycles. The summed E-state index contributed by atoms with van der Waals surface area (Å²) in [5.74, 6) is 0. The van der Waals surface area contributed by atoms with E-state index >= 15 is 0 Å². The van der Waals surface area contributed by atoms with Crippen LogP contribution in [-0.4, -0.2) is 4.98 Å². The highest BCUT2D eigenvalue weighted by molar-refractivity contribution is 5.73. The van der Waals surface area contributed by atoms with Gasteiger partial charge in [-0.25, -0.2) is 0 Å². The molecule has 0 atom stereocenters. The SMILES string of the molecule is Cc1cc(-c2cccnc2)ccc1-c1ccccc1. The van der Waals surface area contributed by atoms with Gasteiger partial charge in [0.25, 0.3) is 0 Å². The summed E-state index contributed by atoms with van der Waals surface area (Å²) in [5, 5.41) is 0. The van der Waals surface area contributed by atoms with Crippen LogP contribution in [0, 0.1) is 6.92 Å². The van der Waals surface area contributed by atoms with Crippen molar-refractivity contribution >= 4 is 0 Å². The fraction of sp³-hybridized carbons (Fsp3) is 0.0556. The Bertz CT molecular complexity index is 673. The maximum absolute atomic E-state index is 4.17. The fourth-order valence-corrected chi connectivity index (χ4v) is 2.32. The molecule has 0 N–H and O–H groups in total. The minimum absolute atomic E-state index is 1.16. The molecule has 3 aromatic rings. The maximum Gasteiger partial charge on any atom is 0.0346 e. The molecule has 0 aliphatic carbocycles. The Morgan fingerprint density at radius 3 is 2.21 bits per heavy atom. The number of benzene rings is 2. The van der Waals surface area contributed by atoms with Crippen molar-refractivity contribution in [3.05, 3.63) is 78.6 Å². The molecule has 1 aromatic heterocycles. The summed E-state index contributed by atoms with van der Waals surface area (Å²) in [4.78, 5) is 4.17. The normalized spacial score (nSPS) is 10.4. The van der Waals surface area contributed by atoms with E-state index in [1.807, 2.05) is 18.3 Å². The number of hydrogen-bond donors (Lipinski definition) is 0. The van der Waals surface area contributed by atoms with Gasteiger partial charge in [0.15, 0.2) is 0 Å². The molecule has 0 aliphatic heterocycles. The molecule has 0 saturated heterocycles. The lowest BCUT2D eigenvalue weighted by Crippen LogP contribution is -1.85. The number of nitrogens with zero attached hydrogens (tertiary/aromatic N) is 1. The summed E-state index contributed by atoms with van der Waals surface area (Å²) in [5.41, 5.74) is 6.20. The number of rotatable bonds is 2. The molecule has 92 valence electrons. The van der Waals surface area contributed by atoms with Crippen LogP contribution in [0.4, 0.5) is 0 Å². The summed E-state index contributed by atoms with van der Waals surface area (Å²) in [6, 6.07) is 21.1. The van der Waals surface area contributed by atoms with Gasteiger partial charge in [0.05, 0.1) is 0 Å². The van der Waals surface area contributed by atoms with Gasteiger partial charge < -0.3 is 0 Å². The predicted octanol–water partition coefficient (Wildman–Crippen LogP) is 4.72. The minimum atomic E-state index is 1.16. The summed E-state index contributed by atoms with van der Waals surface area (Å²) >= 11 is 0. The summed E-state index contributed by atoms with van der Waals surface area (Å²) < 4.78 is 0. The van der Waals surface area contributed by atoms with Gasteiger partial charge in [0.2, 0.25) is 0 Å². The van der Waals surface area contributed by atoms with Gasteiger partial charge in [-0.05, 0) is 40.8 Å². The first-order valence-electron chi connectivity index (χ1n) is 6.41. The van der Waals surface area contributed by atoms with Gasteiger partial charge in [0, 0.05) is 12.4 Å². The molecule has 0 spiro atoms. The molecular weight excluding hydrogens is 230 g/mol. The minimum Gasteiger partial charge on any atom is -0.264 e. The lowest BCUT2D eigenvalue weighted by atomic mass is 9.96. The summed E-state index contributed by atoms with van der Waals surface area (Å²) in [7, 11) is 0. The lowest BCUT2D eigenvalue weighted by Gasteiger charge is -2.09. The van der Waals surface area contributed by atoms with E-state index in [9.17, 15) is 0 Å². The third-order valence-electron chi connectivity index (χ3n) is 3.31. The van der Waals surface area contributed by atoms with E-state index < -0.39 is 0 Å². The summed E-state index contributed by atoms with van der Waals surface area (Å²) in [6.45, 7) is 2.15. The van der Waals surface area contributed by atoms with Crippen LogP contribution in [0.2, 0.25) is 0 Å². The van der Waals surface area contributed by atoms with E-state index in [-0.39, 0.29) is 0 Å². The molecule has 1 nitrogen and oxygen atoms in total. The van der Waals surface area contributed by atoms with Crippen LogP contribution in [0.3, 0.4) is 0 Å². The zero-order valence-electron chi connectivity index (χ0n) is 10.9. The molecule has 0 fully saturated rings. The Kier molecular flexibility index (Phi) is 3.11.